The predicted octanol–water partition coefficient (Wildman–Crippen LogP) is 4.00. The fourth-order valence-electron chi connectivity index (χ4n) is 2.50. The number of carbonyl (C=O) groups excluding carboxylic acids is 1. The molecule has 1 saturated heterocycles. The molecule has 1 fully saturated rings. The smallest absolute Gasteiger partial charge is 0.416 e. The molecule has 0 bridgehead atoms. The predicted molar refractivity (Wildman–Crippen MR) is 88.7 cm³/mol. The van der Waals surface area contributed by atoms with Crippen molar-refractivity contribution in [1.29, 1.82) is 0 Å². The van der Waals surface area contributed by atoms with Gasteiger partial charge in [0.05, 0.1) is 17.9 Å². The van der Waals surface area contributed by atoms with Crippen molar-refractivity contribution in [2.45, 2.75) is 44.8 Å². The molecule has 1 heterocycles. The summed E-state index contributed by atoms with van der Waals surface area (Å²) in [4.78, 5) is 12.1. The van der Waals surface area contributed by atoms with Gasteiger partial charge >= 0.3 is 6.18 Å². The number of amides is 1. The van der Waals surface area contributed by atoms with E-state index in [1.54, 1.807) is 0 Å². The molecule has 0 aliphatic carbocycles. The lowest BCUT2D eigenvalue weighted by Gasteiger charge is -2.16. The molecule has 1 aliphatic heterocycles. The van der Waals surface area contributed by atoms with Crippen molar-refractivity contribution in [3.8, 4) is 5.75 Å². The first-order valence-corrected chi connectivity index (χ1v) is 7.77. The molecule has 1 unspecified atom stereocenters. The van der Waals surface area contributed by atoms with Gasteiger partial charge in [-0.15, -0.1) is 12.4 Å². The maximum atomic E-state index is 12.9. The Labute approximate surface area is 145 Å². The highest BCUT2D eigenvalue weighted by molar-refractivity contribution is 5.92. The number of anilines is 1. The number of hydrogen-bond acceptors (Lipinski definition) is 3. The van der Waals surface area contributed by atoms with Gasteiger partial charge in [0, 0.05) is 12.5 Å². The first-order valence-electron chi connectivity index (χ1n) is 7.77. The molecule has 0 radical (unpaired) electrons. The van der Waals surface area contributed by atoms with Gasteiger partial charge in [-0.05, 0) is 44.0 Å². The maximum Gasteiger partial charge on any atom is 0.416 e. The molecule has 136 valence electrons. The number of rotatable bonds is 6. The molecule has 1 amide bonds. The van der Waals surface area contributed by atoms with Crippen LogP contribution in [0, 0.1) is 0 Å². The van der Waals surface area contributed by atoms with Crippen LogP contribution in [0.4, 0.5) is 18.9 Å². The van der Waals surface area contributed by atoms with Gasteiger partial charge in [0.25, 0.3) is 0 Å². The highest BCUT2D eigenvalue weighted by Crippen LogP contribution is 2.35. The minimum atomic E-state index is -4.46. The van der Waals surface area contributed by atoms with E-state index in [0.29, 0.717) is 6.61 Å². The van der Waals surface area contributed by atoms with Crippen LogP contribution in [0.3, 0.4) is 0 Å². The quantitative estimate of drug-likeness (QED) is 0.800. The summed E-state index contributed by atoms with van der Waals surface area (Å²) in [7, 11) is 0. The van der Waals surface area contributed by atoms with Crippen molar-refractivity contribution in [3.63, 3.8) is 0 Å². The normalized spacial score (nSPS) is 17.2. The van der Waals surface area contributed by atoms with Gasteiger partial charge in [-0.1, -0.05) is 6.92 Å². The SMILES string of the molecule is CCCOc1ccc(C(F)(F)F)cc1NC(=O)CC1CCCN1.Cl. The third-order valence-electron chi connectivity index (χ3n) is 3.64. The number of ether oxygens (including phenoxy) is 1. The van der Waals surface area contributed by atoms with Crippen molar-refractivity contribution < 1.29 is 22.7 Å². The van der Waals surface area contributed by atoms with Crippen LogP contribution in [-0.4, -0.2) is 25.1 Å². The Morgan fingerprint density at radius 3 is 2.75 bits per heavy atom. The number of alkyl halides is 3. The summed E-state index contributed by atoms with van der Waals surface area (Å²) >= 11 is 0. The van der Waals surface area contributed by atoms with Gasteiger partial charge < -0.3 is 15.4 Å². The third-order valence-corrected chi connectivity index (χ3v) is 3.64. The number of hydrogen-bond donors (Lipinski definition) is 2. The summed E-state index contributed by atoms with van der Waals surface area (Å²) in [5, 5.41) is 5.74. The van der Waals surface area contributed by atoms with Gasteiger partial charge in [0.1, 0.15) is 5.75 Å². The van der Waals surface area contributed by atoms with Crippen LogP contribution in [0.25, 0.3) is 0 Å². The van der Waals surface area contributed by atoms with E-state index in [2.05, 4.69) is 10.6 Å². The van der Waals surface area contributed by atoms with Crippen LogP contribution in [0.15, 0.2) is 18.2 Å². The summed E-state index contributed by atoms with van der Waals surface area (Å²) in [6, 6.07) is 3.22. The van der Waals surface area contributed by atoms with Crippen LogP contribution in [0.2, 0.25) is 0 Å². The number of nitrogens with one attached hydrogen (secondary N) is 2. The van der Waals surface area contributed by atoms with Crippen molar-refractivity contribution >= 4 is 24.0 Å². The molecule has 1 aliphatic rings. The molecule has 0 aromatic heterocycles. The monoisotopic (exact) mass is 366 g/mol. The molecule has 1 atom stereocenters. The fourth-order valence-corrected chi connectivity index (χ4v) is 2.50. The Hall–Kier alpha value is -1.47. The Kier molecular flexibility index (Phi) is 7.83. The Morgan fingerprint density at radius 1 is 1.42 bits per heavy atom. The Balaban J connectivity index is 0.00000288. The van der Waals surface area contributed by atoms with Gasteiger partial charge in [-0.2, -0.15) is 13.2 Å². The fraction of sp³-hybridized carbons (Fsp3) is 0.562. The molecule has 8 heteroatoms. The lowest BCUT2D eigenvalue weighted by molar-refractivity contribution is -0.137. The highest BCUT2D eigenvalue weighted by atomic mass is 35.5. The van der Waals surface area contributed by atoms with E-state index in [4.69, 9.17) is 4.74 Å². The second-order valence-electron chi connectivity index (χ2n) is 5.60. The average molecular weight is 367 g/mol. The zero-order valence-electron chi connectivity index (χ0n) is 13.4. The minimum Gasteiger partial charge on any atom is -0.491 e. The third kappa shape index (κ3) is 5.87. The Morgan fingerprint density at radius 2 is 2.17 bits per heavy atom. The van der Waals surface area contributed by atoms with Crippen molar-refractivity contribution in [3.05, 3.63) is 23.8 Å². The zero-order chi connectivity index (χ0) is 16.9. The van der Waals surface area contributed by atoms with E-state index in [-0.39, 0.29) is 42.2 Å². The maximum absolute atomic E-state index is 12.9. The summed E-state index contributed by atoms with van der Waals surface area (Å²) in [5.74, 6) is -0.0577. The molecule has 0 spiro atoms. The van der Waals surface area contributed by atoms with Crippen LogP contribution >= 0.6 is 12.4 Å². The van der Waals surface area contributed by atoms with E-state index in [1.807, 2.05) is 6.92 Å². The van der Waals surface area contributed by atoms with Crippen LogP contribution in [-0.2, 0) is 11.0 Å². The summed E-state index contributed by atoms with van der Waals surface area (Å²) in [5.41, 5.74) is -0.744. The van der Waals surface area contributed by atoms with E-state index in [1.165, 1.54) is 6.07 Å². The van der Waals surface area contributed by atoms with E-state index in [0.717, 1.165) is 37.9 Å². The van der Waals surface area contributed by atoms with E-state index >= 15 is 0 Å². The van der Waals surface area contributed by atoms with E-state index < -0.39 is 11.7 Å². The molecule has 4 nitrogen and oxygen atoms in total. The van der Waals surface area contributed by atoms with Crippen LogP contribution < -0.4 is 15.4 Å². The second kappa shape index (κ2) is 9.13. The van der Waals surface area contributed by atoms with Gasteiger partial charge in [-0.25, -0.2) is 0 Å². The van der Waals surface area contributed by atoms with E-state index in [9.17, 15) is 18.0 Å². The van der Waals surface area contributed by atoms with Crippen LogP contribution in [0.1, 0.15) is 38.2 Å². The minimum absolute atomic E-state index is 0. The molecule has 24 heavy (non-hydrogen) atoms. The number of carbonyl (C=O) groups is 1. The molecule has 0 saturated carbocycles. The molecule has 1 aromatic rings. The standard InChI is InChI=1S/C16H21F3N2O2.ClH/c1-2-8-23-14-6-5-11(16(17,18)19)9-13(14)21-15(22)10-12-4-3-7-20-12;/h5-6,9,12,20H,2-4,7-8,10H2,1H3,(H,21,22);1H. The first-order chi connectivity index (χ1) is 10.9. The largest absolute Gasteiger partial charge is 0.491 e. The summed E-state index contributed by atoms with van der Waals surface area (Å²) < 4.78 is 44.0. The lowest BCUT2D eigenvalue weighted by atomic mass is 10.1. The zero-order valence-corrected chi connectivity index (χ0v) is 14.2. The Bertz CT molecular complexity index is 547. The van der Waals surface area contributed by atoms with Gasteiger partial charge in [-0.3, -0.25) is 4.79 Å². The summed E-state index contributed by atoms with van der Waals surface area (Å²) in [6.07, 6.45) is -1.60. The molecule has 2 rings (SSSR count). The second-order valence-corrected chi connectivity index (χ2v) is 5.60. The first kappa shape index (κ1) is 20.6. The number of halogens is 4. The molecular weight excluding hydrogens is 345 g/mol. The van der Waals surface area contributed by atoms with Crippen LogP contribution in [0.5, 0.6) is 5.75 Å². The molecular formula is C16H22ClF3N2O2. The topological polar surface area (TPSA) is 50.4 Å². The lowest BCUT2D eigenvalue weighted by Crippen LogP contribution is -2.27. The summed E-state index contributed by atoms with van der Waals surface area (Å²) in [6.45, 7) is 3.14. The average Bonchev–Trinajstić information content (AvgIpc) is 2.97. The highest BCUT2D eigenvalue weighted by Gasteiger charge is 2.31. The van der Waals surface area contributed by atoms with Gasteiger partial charge in [0.15, 0.2) is 0 Å². The molecule has 2 N–H and O–H groups in total. The van der Waals surface area contributed by atoms with Gasteiger partial charge in [0.2, 0.25) is 5.91 Å². The van der Waals surface area contributed by atoms with Crippen molar-refractivity contribution in [2.75, 3.05) is 18.5 Å². The molecule has 1 aromatic carbocycles. The number of benzene rings is 1. The van der Waals surface area contributed by atoms with Crippen molar-refractivity contribution in [2.24, 2.45) is 0 Å². The van der Waals surface area contributed by atoms with Crippen molar-refractivity contribution in [1.82, 2.24) is 5.32 Å².